The second-order valence-corrected chi connectivity index (χ2v) is 11.0. The van der Waals surface area contributed by atoms with Crippen molar-refractivity contribution in [1.29, 1.82) is 0 Å². The van der Waals surface area contributed by atoms with Crippen LogP contribution in [0.2, 0.25) is 0 Å². The van der Waals surface area contributed by atoms with Crippen LogP contribution in [0.4, 0.5) is 0 Å². The molecular weight excluding hydrogens is 231 g/mol. The highest BCUT2D eigenvalue weighted by atomic mass is 33.4. The average molecular weight is 244 g/mol. The summed E-state index contributed by atoms with van der Waals surface area (Å²) in [5.41, 5.74) is -3.02. The molecule has 0 aromatic rings. The molecule has 1 aliphatic carbocycles. The van der Waals surface area contributed by atoms with E-state index in [1.165, 1.54) is 32.1 Å². The molecule has 0 saturated heterocycles. The van der Waals surface area contributed by atoms with Crippen molar-refractivity contribution < 1.29 is 9.79 Å². The molecule has 0 spiro atoms. The monoisotopic (exact) mass is 244 g/mol. The maximum absolute atomic E-state index is 8.97. The molecule has 1 aliphatic rings. The Bertz CT molecular complexity index is 176. The summed E-state index contributed by atoms with van der Waals surface area (Å²) in [5, 5.41) is 0.588. The van der Waals surface area contributed by atoms with Gasteiger partial charge in [0, 0.05) is 5.25 Å². The topological polar surface area (TPSA) is 40.5 Å². The lowest BCUT2D eigenvalue weighted by Gasteiger charge is -2.20. The summed E-state index contributed by atoms with van der Waals surface area (Å²) in [7, 11) is 2.66. The smallest absolute Gasteiger partial charge is 0.252 e. The van der Waals surface area contributed by atoms with Crippen LogP contribution in [0.25, 0.3) is 0 Å². The molecule has 0 aromatic heterocycles. The van der Waals surface area contributed by atoms with E-state index in [1.807, 2.05) is 0 Å². The van der Waals surface area contributed by atoms with Gasteiger partial charge in [0.2, 0.25) is 0 Å². The predicted molar refractivity (Wildman–Crippen MR) is 60.8 cm³/mol. The minimum atomic E-state index is -3.02. The Morgan fingerprint density at radius 2 is 1.75 bits per heavy atom. The molecule has 1 fully saturated rings. The van der Waals surface area contributed by atoms with Crippen molar-refractivity contribution in [2.24, 2.45) is 0 Å². The van der Waals surface area contributed by atoms with E-state index >= 15 is 0 Å². The number of hydrogen-bond acceptors (Lipinski definition) is 3. The third-order valence-electron chi connectivity index (χ3n) is 1.83. The Balaban J connectivity index is 2.17. The highest BCUT2D eigenvalue weighted by molar-refractivity contribution is 9.02. The van der Waals surface area contributed by atoms with Crippen LogP contribution in [-0.2, 0) is 11.8 Å². The summed E-state index contributed by atoms with van der Waals surface area (Å²) in [6, 6.07) is 0. The van der Waals surface area contributed by atoms with Crippen LogP contribution in [0, 0.1) is 0 Å². The number of rotatable bonds is 3. The lowest BCUT2D eigenvalue weighted by atomic mass is 10.0. The van der Waals surface area contributed by atoms with E-state index in [0.717, 1.165) is 10.4 Å². The van der Waals surface area contributed by atoms with Crippen LogP contribution in [0.3, 0.4) is 0 Å². The van der Waals surface area contributed by atoms with Gasteiger partial charge < -0.3 is 9.79 Å². The second-order valence-electron chi connectivity index (χ2n) is 2.92. The van der Waals surface area contributed by atoms with E-state index in [0.29, 0.717) is 5.25 Å². The average Bonchev–Trinajstić information content (AvgIpc) is 2.02. The Kier molecular flexibility index (Phi) is 4.94. The lowest BCUT2D eigenvalue weighted by Crippen LogP contribution is -2.06. The minimum absolute atomic E-state index is 0.588. The van der Waals surface area contributed by atoms with Crippen molar-refractivity contribution in [3.8, 4) is 0 Å². The standard InChI is InChI=1S/C6H13O2PS3/c7-9(8,10)12-11-6-4-2-1-3-5-6/h6H,1-5H2,(H2,7,8,10). The Morgan fingerprint density at radius 1 is 1.17 bits per heavy atom. The first-order chi connectivity index (χ1) is 5.58. The normalized spacial score (nSPS) is 21.2. The zero-order valence-corrected chi connectivity index (χ0v) is 10.0. The predicted octanol–water partition coefficient (Wildman–Crippen LogP) is 2.91. The molecular formula is C6H13O2PS3. The van der Waals surface area contributed by atoms with Crippen LogP contribution in [0.1, 0.15) is 32.1 Å². The van der Waals surface area contributed by atoms with Crippen LogP contribution in [0.15, 0.2) is 0 Å². The quantitative estimate of drug-likeness (QED) is 0.590. The fourth-order valence-electron chi connectivity index (χ4n) is 1.28. The van der Waals surface area contributed by atoms with Gasteiger partial charge in [-0.3, -0.25) is 0 Å². The zero-order chi connectivity index (χ0) is 9.03. The van der Waals surface area contributed by atoms with E-state index in [2.05, 4.69) is 11.8 Å². The number of hydrogen-bond donors (Lipinski definition) is 2. The van der Waals surface area contributed by atoms with Crippen LogP contribution < -0.4 is 0 Å². The van der Waals surface area contributed by atoms with Crippen molar-refractivity contribution >= 4 is 38.7 Å². The summed E-state index contributed by atoms with van der Waals surface area (Å²) < 4.78 is 0. The zero-order valence-electron chi connectivity index (χ0n) is 6.68. The molecule has 0 aromatic carbocycles. The van der Waals surface area contributed by atoms with E-state index in [9.17, 15) is 0 Å². The second kappa shape index (κ2) is 5.23. The molecule has 12 heavy (non-hydrogen) atoms. The van der Waals surface area contributed by atoms with Crippen molar-refractivity contribution in [2.75, 3.05) is 0 Å². The van der Waals surface area contributed by atoms with Gasteiger partial charge in [0.25, 0.3) is 5.69 Å². The van der Waals surface area contributed by atoms with E-state index in [-0.39, 0.29) is 0 Å². The summed E-state index contributed by atoms with van der Waals surface area (Å²) in [4.78, 5) is 17.9. The van der Waals surface area contributed by atoms with Gasteiger partial charge in [-0.25, -0.2) is 0 Å². The molecule has 1 saturated carbocycles. The molecule has 0 amide bonds. The van der Waals surface area contributed by atoms with Crippen molar-refractivity contribution in [2.45, 2.75) is 37.4 Å². The van der Waals surface area contributed by atoms with Crippen LogP contribution in [0.5, 0.6) is 0 Å². The maximum atomic E-state index is 8.97. The third-order valence-corrected chi connectivity index (χ3v) is 8.67. The minimum Gasteiger partial charge on any atom is -0.337 e. The maximum Gasteiger partial charge on any atom is 0.252 e. The van der Waals surface area contributed by atoms with Gasteiger partial charge >= 0.3 is 0 Å². The molecule has 0 atom stereocenters. The van der Waals surface area contributed by atoms with E-state index in [1.54, 1.807) is 10.8 Å². The van der Waals surface area contributed by atoms with Gasteiger partial charge in [-0.1, -0.05) is 30.1 Å². The SMILES string of the molecule is OP(O)(=S)SSC1CCCCC1. The highest BCUT2D eigenvalue weighted by Gasteiger charge is 2.18. The molecule has 1 rings (SSSR count). The molecule has 2 nitrogen and oxygen atoms in total. The fourth-order valence-corrected chi connectivity index (χ4v) is 6.37. The van der Waals surface area contributed by atoms with Gasteiger partial charge in [-0.05, 0) is 35.1 Å². The summed E-state index contributed by atoms with van der Waals surface area (Å²) in [5.74, 6) is 0. The first-order valence-corrected chi connectivity index (χ1v) is 9.51. The Hall–Kier alpha value is 1.27. The fraction of sp³-hybridized carbons (Fsp3) is 1.00. The molecule has 0 heterocycles. The molecule has 2 N–H and O–H groups in total. The van der Waals surface area contributed by atoms with Gasteiger partial charge in [0.15, 0.2) is 0 Å². The Labute approximate surface area is 85.8 Å². The molecule has 6 heteroatoms. The van der Waals surface area contributed by atoms with Crippen molar-refractivity contribution in [3.05, 3.63) is 0 Å². The van der Waals surface area contributed by atoms with E-state index in [4.69, 9.17) is 9.79 Å². The van der Waals surface area contributed by atoms with Gasteiger partial charge in [-0.15, -0.1) is 0 Å². The lowest BCUT2D eigenvalue weighted by molar-refractivity contribution is 0.502. The molecule has 0 bridgehead atoms. The first-order valence-electron chi connectivity index (χ1n) is 3.98. The van der Waals surface area contributed by atoms with E-state index < -0.39 is 5.69 Å². The van der Waals surface area contributed by atoms with Gasteiger partial charge in [0.05, 0.1) is 0 Å². The highest BCUT2D eigenvalue weighted by Crippen LogP contribution is 2.59. The third kappa shape index (κ3) is 5.10. The summed E-state index contributed by atoms with van der Waals surface area (Å²) in [6.45, 7) is 0. The van der Waals surface area contributed by atoms with Gasteiger partial charge in [-0.2, -0.15) is 0 Å². The van der Waals surface area contributed by atoms with Crippen LogP contribution >= 0.6 is 26.9 Å². The molecule has 0 unspecified atom stereocenters. The van der Waals surface area contributed by atoms with Gasteiger partial charge in [0.1, 0.15) is 0 Å². The summed E-state index contributed by atoms with van der Waals surface area (Å²) >= 11 is 4.52. The van der Waals surface area contributed by atoms with Crippen molar-refractivity contribution in [3.63, 3.8) is 0 Å². The summed E-state index contributed by atoms with van der Waals surface area (Å²) in [6.07, 6.45) is 6.28. The largest absolute Gasteiger partial charge is 0.337 e. The first kappa shape index (κ1) is 11.3. The van der Waals surface area contributed by atoms with Crippen LogP contribution in [-0.4, -0.2) is 15.0 Å². The molecule has 0 radical (unpaired) electrons. The Morgan fingerprint density at radius 3 is 2.25 bits per heavy atom. The molecule has 0 aliphatic heterocycles. The van der Waals surface area contributed by atoms with Crippen molar-refractivity contribution in [1.82, 2.24) is 0 Å². The molecule has 72 valence electrons.